The molecule has 29 heavy (non-hydrogen) atoms. The van der Waals surface area contributed by atoms with Crippen LogP contribution >= 0.6 is 0 Å². The van der Waals surface area contributed by atoms with E-state index in [0.29, 0.717) is 6.07 Å². The first-order valence-electron chi connectivity index (χ1n) is 9.18. The van der Waals surface area contributed by atoms with Crippen LogP contribution in [0.1, 0.15) is 24.8 Å². The van der Waals surface area contributed by atoms with Gasteiger partial charge in [-0.3, -0.25) is 10.1 Å². The Bertz CT molecular complexity index is 993. The minimum absolute atomic E-state index is 0.0664. The van der Waals surface area contributed by atoms with Crippen LogP contribution in [0, 0.1) is 10.1 Å². The fraction of sp³-hybridized carbons (Fsp3) is 0.368. The molecule has 7 nitrogen and oxygen atoms in total. The van der Waals surface area contributed by atoms with Gasteiger partial charge in [0.05, 0.1) is 9.82 Å². The maximum atomic E-state index is 12.7. The largest absolute Gasteiger partial charge is 0.375 e. The summed E-state index contributed by atoms with van der Waals surface area (Å²) >= 11 is 0. The number of para-hydroxylation sites is 1. The topological polar surface area (TPSA) is 92.5 Å². The van der Waals surface area contributed by atoms with Crippen molar-refractivity contribution in [2.24, 2.45) is 0 Å². The summed E-state index contributed by atoms with van der Waals surface area (Å²) in [6.07, 6.45) is 3.40. The van der Waals surface area contributed by atoms with Crippen molar-refractivity contribution in [1.82, 2.24) is 0 Å². The van der Waals surface area contributed by atoms with Crippen molar-refractivity contribution in [2.75, 3.05) is 23.3 Å². The summed E-state index contributed by atoms with van der Waals surface area (Å²) in [4.78, 5) is 12.1. The van der Waals surface area contributed by atoms with Crippen LogP contribution in [0.3, 0.4) is 0 Å². The Labute approximate surface area is 167 Å². The van der Waals surface area contributed by atoms with Crippen molar-refractivity contribution < 1.29 is 22.1 Å². The van der Waals surface area contributed by atoms with E-state index in [0.717, 1.165) is 49.3 Å². The highest BCUT2D eigenvalue weighted by Gasteiger charge is 2.29. The summed E-state index contributed by atoms with van der Waals surface area (Å²) in [5.74, 6) is -3.64. The zero-order valence-corrected chi connectivity index (χ0v) is 16.4. The molecule has 1 heterocycles. The van der Waals surface area contributed by atoms with Crippen LogP contribution in [0.15, 0.2) is 47.4 Å². The second-order valence-corrected chi connectivity index (χ2v) is 8.69. The molecule has 3 rings (SSSR count). The molecule has 1 fully saturated rings. The number of anilines is 2. The molecule has 0 amide bonds. The van der Waals surface area contributed by atoms with Crippen LogP contribution < -0.4 is 10.2 Å². The molecule has 1 aliphatic rings. The van der Waals surface area contributed by atoms with Crippen LogP contribution in [0.4, 0.5) is 25.8 Å². The molecule has 0 atom stereocenters. The normalized spacial score (nSPS) is 14.8. The number of halogens is 2. The summed E-state index contributed by atoms with van der Waals surface area (Å²) in [5.41, 5.74) is 1.48. The van der Waals surface area contributed by atoms with E-state index in [9.17, 15) is 27.3 Å². The zero-order chi connectivity index (χ0) is 21.0. The van der Waals surface area contributed by atoms with Crippen molar-refractivity contribution in [1.29, 1.82) is 0 Å². The van der Waals surface area contributed by atoms with E-state index >= 15 is 0 Å². The van der Waals surface area contributed by atoms with E-state index in [2.05, 4.69) is 10.2 Å². The highest BCUT2D eigenvalue weighted by molar-refractivity contribution is 7.91. The number of sulfone groups is 1. The molecule has 10 heteroatoms. The summed E-state index contributed by atoms with van der Waals surface area (Å²) in [6.45, 7) is 2.16. The average Bonchev–Trinajstić information content (AvgIpc) is 2.72. The Hall–Kier alpha value is -2.75. The SMILES string of the molecule is O=[N+]([O-])c1cc(S(=O)(=O)C(F)F)ccc1NCc1ccccc1N1CCCCC1. The Morgan fingerprint density at radius 3 is 2.45 bits per heavy atom. The smallest absolute Gasteiger partial charge is 0.341 e. The first-order chi connectivity index (χ1) is 13.8. The van der Waals surface area contributed by atoms with Gasteiger partial charge in [-0.05, 0) is 43.0 Å². The van der Waals surface area contributed by atoms with Crippen LogP contribution in [0.2, 0.25) is 0 Å². The van der Waals surface area contributed by atoms with Gasteiger partial charge in [-0.15, -0.1) is 0 Å². The van der Waals surface area contributed by atoms with Gasteiger partial charge >= 0.3 is 5.76 Å². The molecular formula is C19H21F2N3O4S. The molecule has 0 radical (unpaired) electrons. The molecule has 2 aromatic carbocycles. The van der Waals surface area contributed by atoms with Gasteiger partial charge in [-0.1, -0.05) is 18.2 Å². The third-order valence-corrected chi connectivity index (χ3v) is 6.27. The third-order valence-electron chi connectivity index (χ3n) is 4.89. The fourth-order valence-corrected chi connectivity index (χ4v) is 4.13. The Kier molecular flexibility index (Phi) is 6.31. The average molecular weight is 425 g/mol. The minimum Gasteiger partial charge on any atom is -0.375 e. The monoisotopic (exact) mass is 425 g/mol. The molecule has 0 spiro atoms. The van der Waals surface area contributed by atoms with Crippen molar-refractivity contribution in [2.45, 2.75) is 36.5 Å². The van der Waals surface area contributed by atoms with E-state index in [-0.39, 0.29) is 12.2 Å². The van der Waals surface area contributed by atoms with Crippen LogP contribution in [-0.4, -0.2) is 32.2 Å². The fourth-order valence-electron chi connectivity index (χ4n) is 3.39. The number of nitro benzene ring substituents is 1. The van der Waals surface area contributed by atoms with Gasteiger partial charge in [-0.2, -0.15) is 8.78 Å². The molecule has 0 aliphatic carbocycles. The van der Waals surface area contributed by atoms with Crippen LogP contribution in [0.5, 0.6) is 0 Å². The van der Waals surface area contributed by atoms with E-state index in [4.69, 9.17) is 0 Å². The number of alkyl halides is 2. The second kappa shape index (κ2) is 8.73. The molecule has 0 bridgehead atoms. The number of benzene rings is 2. The summed E-state index contributed by atoms with van der Waals surface area (Å²) < 4.78 is 48.7. The predicted octanol–water partition coefficient (Wildman–Crippen LogP) is 4.19. The first-order valence-corrected chi connectivity index (χ1v) is 10.7. The van der Waals surface area contributed by atoms with Crippen molar-refractivity contribution in [3.05, 3.63) is 58.1 Å². The number of hydrogen-bond acceptors (Lipinski definition) is 6. The highest BCUT2D eigenvalue weighted by atomic mass is 32.2. The quantitative estimate of drug-likeness (QED) is 0.528. The molecule has 0 unspecified atom stereocenters. The third kappa shape index (κ3) is 4.64. The van der Waals surface area contributed by atoms with Gasteiger partial charge in [0, 0.05) is 31.4 Å². The molecule has 0 aromatic heterocycles. The maximum absolute atomic E-state index is 12.7. The minimum atomic E-state index is -4.91. The number of piperidine rings is 1. The van der Waals surface area contributed by atoms with E-state index in [1.54, 1.807) is 0 Å². The Balaban J connectivity index is 1.85. The summed E-state index contributed by atoms with van der Waals surface area (Å²) in [7, 11) is -4.91. The zero-order valence-electron chi connectivity index (χ0n) is 15.6. The lowest BCUT2D eigenvalue weighted by molar-refractivity contribution is -0.384. The molecule has 1 N–H and O–H groups in total. The maximum Gasteiger partial charge on any atom is 0.341 e. The number of hydrogen-bond donors (Lipinski definition) is 1. The Morgan fingerprint density at radius 1 is 1.10 bits per heavy atom. The van der Waals surface area contributed by atoms with E-state index < -0.39 is 31.1 Å². The number of nitrogens with zero attached hydrogens (tertiary/aromatic N) is 2. The van der Waals surface area contributed by atoms with Crippen molar-refractivity contribution in [3.8, 4) is 0 Å². The molecule has 2 aromatic rings. The van der Waals surface area contributed by atoms with E-state index in [1.165, 1.54) is 6.42 Å². The second-order valence-electron chi connectivity index (χ2n) is 6.77. The van der Waals surface area contributed by atoms with Gasteiger partial charge in [0.25, 0.3) is 5.69 Å². The molecular weight excluding hydrogens is 404 g/mol. The standard InChI is InChI=1S/C19H21F2N3O4S/c20-19(21)29(27,28)15-8-9-16(18(12-15)24(25)26)22-13-14-6-2-3-7-17(14)23-10-4-1-5-11-23/h2-3,6-9,12,19,22H,1,4-5,10-11,13H2. The van der Waals surface area contributed by atoms with Gasteiger partial charge in [0.15, 0.2) is 0 Å². The molecule has 1 saturated heterocycles. The van der Waals surface area contributed by atoms with Crippen LogP contribution in [0.25, 0.3) is 0 Å². The first kappa shape index (κ1) is 21.0. The van der Waals surface area contributed by atoms with Gasteiger partial charge in [0.2, 0.25) is 9.84 Å². The van der Waals surface area contributed by atoms with Crippen molar-refractivity contribution >= 4 is 26.9 Å². The van der Waals surface area contributed by atoms with E-state index in [1.807, 2.05) is 24.3 Å². The number of nitrogens with one attached hydrogen (secondary N) is 1. The van der Waals surface area contributed by atoms with Crippen LogP contribution in [-0.2, 0) is 16.4 Å². The molecule has 1 aliphatic heterocycles. The Morgan fingerprint density at radius 2 is 1.79 bits per heavy atom. The lowest BCUT2D eigenvalue weighted by Gasteiger charge is -2.30. The van der Waals surface area contributed by atoms with Gasteiger partial charge in [0.1, 0.15) is 5.69 Å². The van der Waals surface area contributed by atoms with Gasteiger partial charge in [-0.25, -0.2) is 8.42 Å². The predicted molar refractivity (Wildman–Crippen MR) is 106 cm³/mol. The summed E-state index contributed by atoms with van der Waals surface area (Å²) in [5, 5.41) is 14.3. The number of nitro groups is 1. The lowest BCUT2D eigenvalue weighted by atomic mass is 10.1. The highest BCUT2D eigenvalue weighted by Crippen LogP contribution is 2.31. The van der Waals surface area contributed by atoms with Crippen molar-refractivity contribution in [3.63, 3.8) is 0 Å². The molecule has 0 saturated carbocycles. The van der Waals surface area contributed by atoms with Gasteiger partial charge < -0.3 is 10.2 Å². The lowest BCUT2D eigenvalue weighted by Crippen LogP contribution is -2.30. The molecule has 156 valence electrons. The summed E-state index contributed by atoms with van der Waals surface area (Å²) in [6, 6.07) is 10.5. The number of rotatable bonds is 7.